The van der Waals surface area contributed by atoms with Crippen LogP contribution in [-0.2, 0) is 0 Å². The Balaban J connectivity index is 1.72. The van der Waals surface area contributed by atoms with Crippen LogP contribution in [0, 0.1) is 5.92 Å². The molecule has 1 saturated carbocycles. The highest BCUT2D eigenvalue weighted by atomic mass is 15.1. The molecule has 0 bridgehead atoms. The maximum Gasteiger partial charge on any atom is 0.0195 e. The van der Waals surface area contributed by atoms with Gasteiger partial charge < -0.3 is 10.2 Å². The van der Waals surface area contributed by atoms with Crippen molar-refractivity contribution in [1.82, 2.24) is 10.2 Å². The van der Waals surface area contributed by atoms with Crippen molar-refractivity contribution in [3.63, 3.8) is 0 Å². The summed E-state index contributed by atoms with van der Waals surface area (Å²) < 4.78 is 0. The Hall–Kier alpha value is -0.0800. The minimum Gasteiger partial charge on any atom is -0.313 e. The standard InChI is InChI=1S/C15H30N2/c1-2-17(13-15-10-7-11-16-15)12-14-8-5-3-4-6-9-14/h14-16H,2-13H2,1H3. The zero-order chi connectivity index (χ0) is 11.9. The minimum absolute atomic E-state index is 0.778. The molecule has 1 saturated heterocycles. The van der Waals surface area contributed by atoms with Gasteiger partial charge in [0.05, 0.1) is 0 Å². The van der Waals surface area contributed by atoms with Crippen LogP contribution in [0.15, 0.2) is 0 Å². The highest BCUT2D eigenvalue weighted by molar-refractivity contribution is 4.79. The molecule has 2 aliphatic rings. The molecule has 1 unspecified atom stereocenters. The van der Waals surface area contributed by atoms with Crippen molar-refractivity contribution in [3.8, 4) is 0 Å². The van der Waals surface area contributed by atoms with E-state index in [-0.39, 0.29) is 0 Å². The lowest BCUT2D eigenvalue weighted by atomic mass is 9.99. The largest absolute Gasteiger partial charge is 0.313 e. The summed E-state index contributed by atoms with van der Waals surface area (Å²) in [6.07, 6.45) is 11.6. The molecule has 1 aliphatic heterocycles. The van der Waals surface area contributed by atoms with Gasteiger partial charge in [0, 0.05) is 19.1 Å². The maximum atomic E-state index is 3.63. The highest BCUT2D eigenvalue weighted by Crippen LogP contribution is 2.23. The molecule has 0 spiro atoms. The van der Waals surface area contributed by atoms with Crippen molar-refractivity contribution >= 4 is 0 Å². The molecule has 0 amide bonds. The molecule has 1 aliphatic carbocycles. The maximum absolute atomic E-state index is 3.63. The van der Waals surface area contributed by atoms with E-state index in [1.165, 1.54) is 77.5 Å². The van der Waals surface area contributed by atoms with E-state index in [0.29, 0.717) is 0 Å². The van der Waals surface area contributed by atoms with Crippen molar-refractivity contribution in [1.29, 1.82) is 0 Å². The molecule has 1 heterocycles. The van der Waals surface area contributed by atoms with E-state index in [1.54, 1.807) is 0 Å². The molecule has 17 heavy (non-hydrogen) atoms. The van der Waals surface area contributed by atoms with Crippen molar-refractivity contribution in [2.24, 2.45) is 5.92 Å². The molecule has 1 N–H and O–H groups in total. The second-order valence-electron chi connectivity index (χ2n) is 6.00. The van der Waals surface area contributed by atoms with E-state index >= 15 is 0 Å². The van der Waals surface area contributed by atoms with Gasteiger partial charge in [0.2, 0.25) is 0 Å². The zero-order valence-electron chi connectivity index (χ0n) is 11.6. The van der Waals surface area contributed by atoms with Gasteiger partial charge in [-0.25, -0.2) is 0 Å². The Kier molecular flexibility index (Phi) is 5.79. The number of hydrogen-bond donors (Lipinski definition) is 1. The van der Waals surface area contributed by atoms with Crippen molar-refractivity contribution in [2.75, 3.05) is 26.2 Å². The third kappa shape index (κ3) is 4.59. The fourth-order valence-corrected chi connectivity index (χ4v) is 3.47. The Labute approximate surface area is 107 Å². The van der Waals surface area contributed by atoms with Crippen LogP contribution in [0.4, 0.5) is 0 Å². The average molecular weight is 238 g/mol. The summed E-state index contributed by atoms with van der Waals surface area (Å²) in [5, 5.41) is 3.63. The zero-order valence-corrected chi connectivity index (χ0v) is 11.6. The van der Waals surface area contributed by atoms with Gasteiger partial charge in [0.1, 0.15) is 0 Å². The van der Waals surface area contributed by atoms with Crippen molar-refractivity contribution < 1.29 is 0 Å². The van der Waals surface area contributed by atoms with Gasteiger partial charge >= 0.3 is 0 Å². The lowest BCUT2D eigenvalue weighted by Crippen LogP contribution is -2.39. The molecule has 2 heteroatoms. The molecule has 0 radical (unpaired) electrons. The number of nitrogens with one attached hydrogen (secondary N) is 1. The molecule has 1 atom stereocenters. The van der Waals surface area contributed by atoms with Gasteiger partial charge in [-0.15, -0.1) is 0 Å². The summed E-state index contributed by atoms with van der Waals surface area (Å²) >= 11 is 0. The second-order valence-corrected chi connectivity index (χ2v) is 6.00. The molecular weight excluding hydrogens is 208 g/mol. The van der Waals surface area contributed by atoms with Crippen LogP contribution in [0.3, 0.4) is 0 Å². The first-order valence-electron chi connectivity index (χ1n) is 7.84. The number of nitrogens with zero attached hydrogens (tertiary/aromatic N) is 1. The Morgan fingerprint density at radius 2 is 1.71 bits per heavy atom. The Morgan fingerprint density at radius 3 is 2.29 bits per heavy atom. The van der Waals surface area contributed by atoms with Crippen LogP contribution in [0.25, 0.3) is 0 Å². The van der Waals surface area contributed by atoms with Crippen LogP contribution >= 0.6 is 0 Å². The van der Waals surface area contributed by atoms with E-state index in [1.807, 2.05) is 0 Å². The van der Waals surface area contributed by atoms with Crippen molar-refractivity contribution in [2.45, 2.75) is 64.3 Å². The SMILES string of the molecule is CCN(CC1CCCCCC1)CC1CCCN1. The number of rotatable bonds is 5. The summed E-state index contributed by atoms with van der Waals surface area (Å²) in [5.41, 5.74) is 0. The van der Waals surface area contributed by atoms with E-state index in [4.69, 9.17) is 0 Å². The second kappa shape index (κ2) is 7.38. The van der Waals surface area contributed by atoms with Crippen LogP contribution in [-0.4, -0.2) is 37.1 Å². The lowest BCUT2D eigenvalue weighted by molar-refractivity contribution is 0.211. The molecule has 2 fully saturated rings. The molecule has 0 aromatic rings. The van der Waals surface area contributed by atoms with Gasteiger partial charge in [0.25, 0.3) is 0 Å². The van der Waals surface area contributed by atoms with Crippen LogP contribution < -0.4 is 5.32 Å². The third-order valence-electron chi connectivity index (χ3n) is 4.58. The van der Waals surface area contributed by atoms with Crippen LogP contribution in [0.5, 0.6) is 0 Å². The minimum atomic E-state index is 0.778. The summed E-state index contributed by atoms with van der Waals surface area (Å²) in [7, 11) is 0. The van der Waals surface area contributed by atoms with E-state index in [0.717, 1.165) is 12.0 Å². The molecule has 0 aromatic heterocycles. The topological polar surface area (TPSA) is 15.3 Å². The molecule has 100 valence electrons. The normalized spacial score (nSPS) is 27.5. The predicted molar refractivity (Wildman–Crippen MR) is 74.3 cm³/mol. The summed E-state index contributed by atoms with van der Waals surface area (Å²) in [4.78, 5) is 2.69. The molecule has 0 aromatic carbocycles. The summed E-state index contributed by atoms with van der Waals surface area (Å²) in [5.74, 6) is 0.985. The number of likely N-dealkylation sites (N-methyl/N-ethyl adjacent to an activating group) is 1. The first-order chi connectivity index (χ1) is 8.38. The fourth-order valence-electron chi connectivity index (χ4n) is 3.47. The third-order valence-corrected chi connectivity index (χ3v) is 4.58. The lowest BCUT2D eigenvalue weighted by Gasteiger charge is -2.28. The van der Waals surface area contributed by atoms with Gasteiger partial charge in [-0.1, -0.05) is 32.6 Å². The summed E-state index contributed by atoms with van der Waals surface area (Å²) in [6.45, 7) is 7.44. The first-order valence-corrected chi connectivity index (χ1v) is 7.84. The van der Waals surface area contributed by atoms with Gasteiger partial charge in [0.15, 0.2) is 0 Å². The number of hydrogen-bond acceptors (Lipinski definition) is 2. The Morgan fingerprint density at radius 1 is 0.941 bits per heavy atom. The van der Waals surface area contributed by atoms with Crippen molar-refractivity contribution in [3.05, 3.63) is 0 Å². The van der Waals surface area contributed by atoms with Crippen LogP contribution in [0.1, 0.15) is 58.3 Å². The molecule has 2 rings (SSSR count). The quantitative estimate of drug-likeness (QED) is 0.741. The summed E-state index contributed by atoms with van der Waals surface area (Å²) in [6, 6.07) is 0.778. The van der Waals surface area contributed by atoms with Gasteiger partial charge in [-0.3, -0.25) is 0 Å². The predicted octanol–water partition coefficient (Wildman–Crippen LogP) is 3.03. The monoisotopic (exact) mass is 238 g/mol. The Bertz CT molecular complexity index is 191. The first kappa shape index (κ1) is 13.4. The highest BCUT2D eigenvalue weighted by Gasteiger charge is 2.20. The van der Waals surface area contributed by atoms with E-state index in [9.17, 15) is 0 Å². The molecule has 2 nitrogen and oxygen atoms in total. The smallest absolute Gasteiger partial charge is 0.0195 e. The molecular formula is C15H30N2. The average Bonchev–Trinajstić information content (AvgIpc) is 2.71. The van der Waals surface area contributed by atoms with Crippen LogP contribution in [0.2, 0.25) is 0 Å². The van der Waals surface area contributed by atoms with E-state index in [2.05, 4.69) is 17.1 Å². The van der Waals surface area contributed by atoms with Gasteiger partial charge in [-0.2, -0.15) is 0 Å². The van der Waals surface area contributed by atoms with Gasteiger partial charge in [-0.05, 0) is 44.7 Å². The van der Waals surface area contributed by atoms with E-state index < -0.39 is 0 Å². The fraction of sp³-hybridized carbons (Fsp3) is 1.00.